The molecular formula is C19H31NO3. The van der Waals surface area contributed by atoms with Gasteiger partial charge in [-0.15, -0.1) is 13.2 Å². The van der Waals surface area contributed by atoms with E-state index in [0.29, 0.717) is 13.2 Å². The normalized spacial score (nSPS) is 17.9. The first-order valence-corrected chi connectivity index (χ1v) is 8.13. The van der Waals surface area contributed by atoms with Crippen molar-refractivity contribution in [2.75, 3.05) is 40.0 Å². The lowest BCUT2D eigenvalue weighted by atomic mass is 10.1. The highest BCUT2D eigenvalue weighted by atomic mass is 16.5. The third-order valence-corrected chi connectivity index (χ3v) is 3.51. The van der Waals surface area contributed by atoms with Gasteiger partial charge in [-0.2, -0.15) is 0 Å². The number of hydrogen-bond acceptors (Lipinski definition) is 4. The van der Waals surface area contributed by atoms with E-state index < -0.39 is 0 Å². The second-order valence-corrected chi connectivity index (χ2v) is 6.21. The molecule has 1 unspecified atom stereocenters. The lowest BCUT2D eigenvalue weighted by molar-refractivity contribution is -0.0984. The summed E-state index contributed by atoms with van der Waals surface area (Å²) >= 11 is 0. The van der Waals surface area contributed by atoms with Gasteiger partial charge in [-0.3, -0.25) is 4.90 Å². The van der Waals surface area contributed by atoms with Crippen LogP contribution in [-0.4, -0.2) is 56.6 Å². The highest BCUT2D eigenvalue weighted by Crippen LogP contribution is 2.20. The minimum atomic E-state index is -0.324. The van der Waals surface area contributed by atoms with Crippen molar-refractivity contribution in [1.29, 1.82) is 0 Å². The largest absolute Gasteiger partial charge is 0.497 e. The number of hydrogen-bond donors (Lipinski definition) is 0. The second kappa shape index (κ2) is 10.4. The van der Waals surface area contributed by atoms with Crippen LogP contribution in [0.1, 0.15) is 20.3 Å². The smallest absolute Gasteiger partial charge is 0.114 e. The van der Waals surface area contributed by atoms with Crippen LogP contribution in [-0.2, 0) is 14.2 Å². The summed E-state index contributed by atoms with van der Waals surface area (Å²) in [7, 11) is 1.68. The van der Waals surface area contributed by atoms with Gasteiger partial charge in [-0.05, 0) is 32.4 Å². The summed E-state index contributed by atoms with van der Waals surface area (Å²) in [6.07, 6.45) is 10.7. The molecule has 23 heavy (non-hydrogen) atoms. The fourth-order valence-corrected chi connectivity index (χ4v) is 2.40. The summed E-state index contributed by atoms with van der Waals surface area (Å²) in [4.78, 5) is 2.23. The highest BCUT2D eigenvalue weighted by molar-refractivity contribution is 5.19. The van der Waals surface area contributed by atoms with Crippen molar-refractivity contribution < 1.29 is 14.2 Å². The second-order valence-electron chi connectivity index (χ2n) is 6.21. The van der Waals surface area contributed by atoms with E-state index in [1.54, 1.807) is 7.11 Å². The maximum absolute atomic E-state index is 6.12. The Labute approximate surface area is 141 Å². The predicted molar refractivity (Wildman–Crippen MR) is 95.5 cm³/mol. The first kappa shape index (κ1) is 19.7. The Hall–Kier alpha value is -1.36. The van der Waals surface area contributed by atoms with Gasteiger partial charge in [0.2, 0.25) is 0 Å². The van der Waals surface area contributed by atoms with Gasteiger partial charge in [-0.1, -0.05) is 18.2 Å². The topological polar surface area (TPSA) is 30.9 Å². The Morgan fingerprint density at radius 3 is 2.52 bits per heavy atom. The summed E-state index contributed by atoms with van der Waals surface area (Å²) in [5.74, 6) is 0.892. The van der Waals surface area contributed by atoms with E-state index in [4.69, 9.17) is 14.2 Å². The van der Waals surface area contributed by atoms with Crippen LogP contribution in [0.3, 0.4) is 0 Å². The molecule has 1 aliphatic rings. The quantitative estimate of drug-likeness (QED) is 0.407. The number of allylic oxidation sites excluding steroid dienone is 1. The van der Waals surface area contributed by atoms with Gasteiger partial charge in [0, 0.05) is 19.6 Å². The van der Waals surface area contributed by atoms with Crippen LogP contribution in [0.2, 0.25) is 0 Å². The molecule has 0 aromatic heterocycles. The molecule has 0 aliphatic heterocycles. The summed E-state index contributed by atoms with van der Waals surface area (Å²) in [6, 6.07) is 0. The number of methoxy groups -OCH3 is 1. The summed E-state index contributed by atoms with van der Waals surface area (Å²) < 4.78 is 17.1. The molecule has 4 nitrogen and oxygen atoms in total. The average molecular weight is 321 g/mol. The van der Waals surface area contributed by atoms with Crippen molar-refractivity contribution in [2.45, 2.75) is 32.0 Å². The molecule has 0 radical (unpaired) electrons. The molecule has 130 valence electrons. The van der Waals surface area contributed by atoms with E-state index in [9.17, 15) is 0 Å². The third kappa shape index (κ3) is 8.16. The number of rotatable bonds is 12. The van der Waals surface area contributed by atoms with Gasteiger partial charge < -0.3 is 14.2 Å². The maximum atomic E-state index is 6.12. The van der Waals surface area contributed by atoms with Crippen LogP contribution < -0.4 is 0 Å². The van der Waals surface area contributed by atoms with Gasteiger partial charge in [-0.25, -0.2) is 0 Å². The molecule has 1 rings (SSSR count). The molecule has 0 heterocycles. The Morgan fingerprint density at radius 2 is 2.00 bits per heavy atom. The molecule has 1 aliphatic carbocycles. The van der Waals surface area contributed by atoms with E-state index in [1.165, 1.54) is 0 Å². The Kier molecular flexibility index (Phi) is 8.92. The van der Waals surface area contributed by atoms with Crippen LogP contribution >= 0.6 is 0 Å². The number of nitrogens with zero attached hydrogens (tertiary/aromatic N) is 1. The lowest BCUT2D eigenvalue weighted by Gasteiger charge is -2.30. The van der Waals surface area contributed by atoms with Crippen molar-refractivity contribution >= 4 is 0 Å². The summed E-state index contributed by atoms with van der Waals surface area (Å²) in [5, 5.41) is 0. The Morgan fingerprint density at radius 1 is 1.30 bits per heavy atom. The van der Waals surface area contributed by atoms with Crippen LogP contribution in [0.25, 0.3) is 0 Å². The van der Waals surface area contributed by atoms with Crippen LogP contribution in [0.15, 0.2) is 49.3 Å². The molecule has 0 amide bonds. The van der Waals surface area contributed by atoms with Gasteiger partial charge in [0.05, 0.1) is 32.0 Å². The molecule has 0 bridgehead atoms. The first-order chi connectivity index (χ1) is 11.0. The zero-order chi connectivity index (χ0) is 17.1. The van der Waals surface area contributed by atoms with Gasteiger partial charge in [0.1, 0.15) is 5.76 Å². The van der Waals surface area contributed by atoms with E-state index in [0.717, 1.165) is 31.8 Å². The molecule has 0 aromatic carbocycles. The minimum Gasteiger partial charge on any atom is -0.497 e. The standard InChI is InChI=1S/C19H31NO3/c1-6-12-20(13-7-2)14-15-22-16-19(3,4)23-18-10-8-17(21-5)9-11-18/h6-10,18H,1-2,11-16H2,3-5H3. The maximum Gasteiger partial charge on any atom is 0.114 e. The summed E-state index contributed by atoms with van der Waals surface area (Å²) in [5.41, 5.74) is -0.324. The van der Waals surface area contributed by atoms with Gasteiger partial charge >= 0.3 is 0 Å². The zero-order valence-electron chi connectivity index (χ0n) is 14.8. The van der Waals surface area contributed by atoms with Crippen molar-refractivity contribution in [3.05, 3.63) is 49.3 Å². The molecular weight excluding hydrogens is 290 g/mol. The van der Waals surface area contributed by atoms with E-state index in [2.05, 4.69) is 31.9 Å². The van der Waals surface area contributed by atoms with Crippen molar-refractivity contribution in [3.63, 3.8) is 0 Å². The van der Waals surface area contributed by atoms with Crippen LogP contribution in [0, 0.1) is 0 Å². The molecule has 0 saturated carbocycles. The SMILES string of the molecule is C=CCN(CC=C)CCOCC(C)(C)OC1C=CC(OC)=CC1. The van der Waals surface area contributed by atoms with Crippen molar-refractivity contribution in [3.8, 4) is 0 Å². The van der Waals surface area contributed by atoms with E-state index in [-0.39, 0.29) is 11.7 Å². The van der Waals surface area contributed by atoms with E-state index >= 15 is 0 Å². The van der Waals surface area contributed by atoms with Crippen molar-refractivity contribution in [1.82, 2.24) is 4.90 Å². The Bertz CT molecular complexity index is 416. The zero-order valence-corrected chi connectivity index (χ0v) is 14.8. The molecule has 1 atom stereocenters. The highest BCUT2D eigenvalue weighted by Gasteiger charge is 2.23. The van der Waals surface area contributed by atoms with Gasteiger partial charge in [0.15, 0.2) is 0 Å². The monoisotopic (exact) mass is 321 g/mol. The molecule has 0 spiro atoms. The van der Waals surface area contributed by atoms with E-state index in [1.807, 2.05) is 30.4 Å². The van der Waals surface area contributed by atoms with Crippen LogP contribution in [0.4, 0.5) is 0 Å². The van der Waals surface area contributed by atoms with Crippen molar-refractivity contribution in [2.24, 2.45) is 0 Å². The summed E-state index contributed by atoms with van der Waals surface area (Å²) in [6.45, 7) is 15.4. The fourth-order valence-electron chi connectivity index (χ4n) is 2.40. The fraction of sp³-hybridized carbons (Fsp3) is 0.579. The molecule has 0 N–H and O–H groups in total. The number of ether oxygens (including phenoxy) is 3. The predicted octanol–water partition coefficient (Wildman–Crippen LogP) is 3.33. The molecule has 4 heteroatoms. The molecule has 0 saturated heterocycles. The molecule has 0 aromatic rings. The Balaban J connectivity index is 2.27. The third-order valence-electron chi connectivity index (χ3n) is 3.51. The van der Waals surface area contributed by atoms with Crippen LogP contribution in [0.5, 0.6) is 0 Å². The average Bonchev–Trinajstić information content (AvgIpc) is 2.52. The molecule has 0 fully saturated rings. The lowest BCUT2D eigenvalue weighted by Crippen LogP contribution is -2.36. The van der Waals surface area contributed by atoms with Gasteiger partial charge in [0.25, 0.3) is 0 Å². The minimum absolute atomic E-state index is 0.0746. The first-order valence-electron chi connectivity index (χ1n) is 8.13.